The molecule has 0 bridgehead atoms. The van der Waals surface area contributed by atoms with Crippen LogP contribution in [0.4, 0.5) is 0 Å². The van der Waals surface area contributed by atoms with E-state index in [0.29, 0.717) is 0 Å². The van der Waals surface area contributed by atoms with Crippen LogP contribution >= 0.6 is 0 Å². The van der Waals surface area contributed by atoms with Crippen molar-refractivity contribution in [3.8, 4) is 0 Å². The lowest BCUT2D eigenvalue weighted by molar-refractivity contribution is 0.466. The molecule has 0 atom stereocenters. The summed E-state index contributed by atoms with van der Waals surface area (Å²) in [6, 6.07) is 0. The molecule has 7 nitrogen and oxygen atoms in total. The van der Waals surface area contributed by atoms with Gasteiger partial charge in [-0.1, -0.05) is 0 Å². The van der Waals surface area contributed by atoms with Crippen LogP contribution in [0.2, 0.25) is 0 Å². The van der Waals surface area contributed by atoms with Gasteiger partial charge in [0.1, 0.15) is 0 Å². The fourth-order valence-corrected chi connectivity index (χ4v) is 1.15. The summed E-state index contributed by atoms with van der Waals surface area (Å²) in [4.78, 5) is 0. The lowest BCUT2D eigenvalue weighted by Gasteiger charge is -1.97. The molecule has 11 heavy (non-hydrogen) atoms. The third-order valence-corrected chi connectivity index (χ3v) is 1.93. The van der Waals surface area contributed by atoms with E-state index in [1.807, 2.05) is 0 Å². The standard InChI is InChI=1S/C2H7NO6S2/c4-10(5,6)2-1-3-11(7,8)9/h3H,1-2H2,(H,4,5,6)(H,7,8,9). The predicted octanol–water partition coefficient (Wildman–Crippen LogP) is -1.73. The molecule has 0 aliphatic carbocycles. The molecule has 9 heteroatoms. The largest absolute Gasteiger partial charge is 0.333 e. The lowest BCUT2D eigenvalue weighted by Crippen LogP contribution is -2.28. The summed E-state index contributed by atoms with van der Waals surface area (Å²) >= 11 is 0. The van der Waals surface area contributed by atoms with Crippen molar-refractivity contribution in [1.82, 2.24) is 4.72 Å². The molecule has 0 rings (SSSR count). The molecule has 0 amide bonds. The third-order valence-electron chi connectivity index (χ3n) is 0.644. The van der Waals surface area contributed by atoms with Crippen LogP contribution in [0.25, 0.3) is 0 Å². The summed E-state index contributed by atoms with van der Waals surface area (Å²) in [6.07, 6.45) is 0. The molecular weight excluding hydrogens is 198 g/mol. The third kappa shape index (κ3) is 9.78. The molecule has 0 saturated carbocycles. The van der Waals surface area contributed by atoms with Gasteiger partial charge in [0.25, 0.3) is 10.1 Å². The fraction of sp³-hybridized carbons (Fsp3) is 1.00. The number of rotatable bonds is 4. The van der Waals surface area contributed by atoms with Crippen LogP contribution in [0, 0.1) is 0 Å². The highest BCUT2D eigenvalue weighted by molar-refractivity contribution is 7.86. The summed E-state index contributed by atoms with van der Waals surface area (Å²) in [5.41, 5.74) is 0. The maximum atomic E-state index is 9.96. The minimum atomic E-state index is -4.37. The van der Waals surface area contributed by atoms with E-state index in [2.05, 4.69) is 0 Å². The Morgan fingerprint density at radius 2 is 1.55 bits per heavy atom. The molecule has 0 radical (unpaired) electrons. The summed E-state index contributed by atoms with van der Waals surface area (Å²) in [7, 11) is -8.56. The summed E-state index contributed by atoms with van der Waals surface area (Å²) < 4.78 is 57.2. The van der Waals surface area contributed by atoms with E-state index in [9.17, 15) is 16.8 Å². The molecule has 0 aromatic heterocycles. The average molecular weight is 205 g/mol. The minimum absolute atomic E-state index is 0.558. The normalized spacial score (nSPS) is 13.3. The molecule has 0 spiro atoms. The molecule has 3 N–H and O–H groups in total. The van der Waals surface area contributed by atoms with Crippen LogP contribution in [0.3, 0.4) is 0 Å². The van der Waals surface area contributed by atoms with E-state index in [1.165, 1.54) is 4.72 Å². The van der Waals surface area contributed by atoms with E-state index in [0.717, 1.165) is 0 Å². The van der Waals surface area contributed by atoms with Crippen molar-refractivity contribution in [2.45, 2.75) is 0 Å². The Kier molecular flexibility index (Phi) is 3.38. The first-order chi connectivity index (χ1) is 4.71. The van der Waals surface area contributed by atoms with Gasteiger partial charge in [0.2, 0.25) is 0 Å². The van der Waals surface area contributed by atoms with Crippen LogP contribution in [0.1, 0.15) is 0 Å². The fourth-order valence-electron chi connectivity index (χ4n) is 0.300. The Hall–Kier alpha value is -0.220. The van der Waals surface area contributed by atoms with Gasteiger partial charge in [-0.2, -0.15) is 21.6 Å². The molecule has 0 unspecified atom stereocenters. The van der Waals surface area contributed by atoms with Crippen molar-refractivity contribution in [2.24, 2.45) is 0 Å². The van der Waals surface area contributed by atoms with E-state index < -0.39 is 32.7 Å². The van der Waals surface area contributed by atoms with Crippen molar-refractivity contribution in [2.75, 3.05) is 12.3 Å². The van der Waals surface area contributed by atoms with Crippen LogP contribution in [-0.2, 0) is 20.4 Å². The zero-order valence-electron chi connectivity index (χ0n) is 5.26. The van der Waals surface area contributed by atoms with Gasteiger partial charge in [-0.25, -0.2) is 0 Å². The monoisotopic (exact) mass is 205 g/mol. The molecule has 0 heterocycles. The van der Waals surface area contributed by atoms with Gasteiger partial charge in [-0.15, -0.1) is 0 Å². The first kappa shape index (κ1) is 10.8. The zero-order chi connectivity index (χ0) is 9.12. The highest BCUT2D eigenvalue weighted by Crippen LogP contribution is 1.80. The van der Waals surface area contributed by atoms with Crippen molar-refractivity contribution in [3.05, 3.63) is 0 Å². The summed E-state index contributed by atoms with van der Waals surface area (Å²) in [5, 5.41) is 0. The van der Waals surface area contributed by atoms with Gasteiger partial charge in [0.05, 0.1) is 5.75 Å². The van der Waals surface area contributed by atoms with Crippen molar-refractivity contribution >= 4 is 20.4 Å². The maximum absolute atomic E-state index is 9.96. The Morgan fingerprint density at radius 3 is 1.82 bits per heavy atom. The topological polar surface area (TPSA) is 121 Å². The first-order valence-corrected chi connectivity index (χ1v) is 5.43. The quantitative estimate of drug-likeness (QED) is 0.469. The van der Waals surface area contributed by atoms with Crippen LogP contribution in [0.15, 0.2) is 0 Å². The van der Waals surface area contributed by atoms with E-state index >= 15 is 0 Å². The highest BCUT2D eigenvalue weighted by atomic mass is 32.2. The summed E-state index contributed by atoms with van der Waals surface area (Å²) in [6.45, 7) is -0.558. The highest BCUT2D eigenvalue weighted by Gasteiger charge is 2.07. The molecule has 0 aromatic carbocycles. The summed E-state index contributed by atoms with van der Waals surface area (Å²) in [5.74, 6) is -0.771. The number of nitrogens with one attached hydrogen (secondary N) is 1. The van der Waals surface area contributed by atoms with E-state index in [4.69, 9.17) is 9.11 Å². The predicted molar refractivity (Wildman–Crippen MR) is 36.0 cm³/mol. The molecule has 0 aliphatic rings. The Labute approximate surface area is 64.0 Å². The number of hydrogen-bond donors (Lipinski definition) is 3. The molecule has 68 valence electrons. The molecule has 0 fully saturated rings. The van der Waals surface area contributed by atoms with Gasteiger partial charge >= 0.3 is 10.3 Å². The Morgan fingerprint density at radius 1 is 1.09 bits per heavy atom. The van der Waals surface area contributed by atoms with Gasteiger partial charge < -0.3 is 0 Å². The molecule has 0 aromatic rings. The van der Waals surface area contributed by atoms with E-state index in [1.54, 1.807) is 0 Å². The zero-order valence-corrected chi connectivity index (χ0v) is 6.89. The SMILES string of the molecule is O=S(=O)(O)CCNS(=O)(=O)O. The first-order valence-electron chi connectivity index (χ1n) is 2.38. The van der Waals surface area contributed by atoms with Crippen LogP contribution < -0.4 is 4.72 Å². The van der Waals surface area contributed by atoms with Gasteiger partial charge in [-0.3, -0.25) is 9.11 Å². The Balaban J connectivity index is 3.79. The van der Waals surface area contributed by atoms with E-state index in [-0.39, 0.29) is 0 Å². The van der Waals surface area contributed by atoms with Gasteiger partial charge in [0, 0.05) is 6.54 Å². The minimum Gasteiger partial charge on any atom is -0.286 e. The van der Waals surface area contributed by atoms with Crippen LogP contribution in [-0.4, -0.2) is 38.2 Å². The van der Waals surface area contributed by atoms with Crippen LogP contribution in [0.5, 0.6) is 0 Å². The lowest BCUT2D eigenvalue weighted by atomic mass is 10.8. The number of hydrogen-bond acceptors (Lipinski definition) is 4. The van der Waals surface area contributed by atoms with Crippen molar-refractivity contribution in [3.63, 3.8) is 0 Å². The molecule has 0 aliphatic heterocycles. The average Bonchev–Trinajstić information content (AvgIpc) is 1.55. The molecular formula is C2H7NO6S2. The van der Waals surface area contributed by atoms with Crippen molar-refractivity contribution in [1.29, 1.82) is 0 Å². The Bertz CT molecular complexity index is 267. The second-order valence-corrected chi connectivity index (χ2v) is 4.47. The second kappa shape index (κ2) is 3.45. The molecule has 0 saturated heterocycles. The van der Waals surface area contributed by atoms with Gasteiger partial charge in [0.15, 0.2) is 0 Å². The van der Waals surface area contributed by atoms with Gasteiger partial charge in [-0.05, 0) is 0 Å². The van der Waals surface area contributed by atoms with Crippen molar-refractivity contribution < 1.29 is 25.9 Å². The maximum Gasteiger partial charge on any atom is 0.333 e. The second-order valence-electron chi connectivity index (χ2n) is 1.66. The smallest absolute Gasteiger partial charge is 0.286 e.